The molecule has 0 saturated heterocycles. The van der Waals surface area contributed by atoms with Crippen molar-refractivity contribution in [1.29, 1.82) is 0 Å². The maximum absolute atomic E-state index is 10.5. The summed E-state index contributed by atoms with van der Waals surface area (Å²) in [5.41, 5.74) is 1.69. The largest absolute Gasteiger partial charge is 0.458 e. The molecule has 2 heterocycles. The molecule has 0 aliphatic carbocycles. The van der Waals surface area contributed by atoms with Gasteiger partial charge in [-0.1, -0.05) is 6.07 Å². The van der Waals surface area contributed by atoms with Gasteiger partial charge in [-0.15, -0.1) is 0 Å². The first kappa shape index (κ1) is 8.69. The van der Waals surface area contributed by atoms with E-state index in [2.05, 4.69) is 4.98 Å². The molecule has 0 aromatic carbocycles. The third kappa shape index (κ3) is 1.44. The Bertz CT molecular complexity index is 446. The van der Waals surface area contributed by atoms with Gasteiger partial charge in [0.15, 0.2) is 12.0 Å². The molecule has 3 nitrogen and oxygen atoms in total. The average Bonchev–Trinajstić information content (AvgIpc) is 2.61. The second-order valence-corrected chi connectivity index (χ2v) is 2.95. The van der Waals surface area contributed by atoms with Gasteiger partial charge in [-0.05, 0) is 25.1 Å². The summed E-state index contributed by atoms with van der Waals surface area (Å²) in [5.74, 6) is 1.05. The minimum atomic E-state index is 0.336. The third-order valence-corrected chi connectivity index (χ3v) is 1.99. The van der Waals surface area contributed by atoms with Crippen LogP contribution >= 0.6 is 0 Å². The van der Waals surface area contributed by atoms with Gasteiger partial charge in [0.05, 0.1) is 5.69 Å². The Morgan fingerprint density at radius 3 is 2.86 bits per heavy atom. The van der Waals surface area contributed by atoms with E-state index in [0.717, 1.165) is 11.3 Å². The maximum atomic E-state index is 10.5. The van der Waals surface area contributed by atoms with Gasteiger partial charge in [-0.2, -0.15) is 0 Å². The number of aromatic nitrogens is 1. The number of nitrogens with zero attached hydrogens (tertiary/aromatic N) is 1. The monoisotopic (exact) mass is 187 g/mol. The van der Waals surface area contributed by atoms with Gasteiger partial charge in [-0.3, -0.25) is 9.78 Å². The Morgan fingerprint density at radius 1 is 1.43 bits per heavy atom. The van der Waals surface area contributed by atoms with Crippen molar-refractivity contribution in [3.63, 3.8) is 0 Å². The number of hydrogen-bond acceptors (Lipinski definition) is 3. The van der Waals surface area contributed by atoms with E-state index in [1.807, 2.05) is 25.1 Å². The minimum absolute atomic E-state index is 0.336. The molecule has 0 bridgehead atoms. The smallest absolute Gasteiger partial charge is 0.185 e. The third-order valence-electron chi connectivity index (χ3n) is 1.99. The predicted octanol–water partition coefficient (Wildman–Crippen LogP) is 2.46. The molecule has 0 radical (unpaired) electrons. The van der Waals surface area contributed by atoms with E-state index in [1.165, 1.54) is 0 Å². The molecular weight excluding hydrogens is 178 g/mol. The molecule has 0 amide bonds. The molecule has 70 valence electrons. The fourth-order valence-electron chi connectivity index (χ4n) is 1.34. The molecule has 0 fully saturated rings. The topological polar surface area (TPSA) is 43.1 Å². The molecule has 0 N–H and O–H groups in total. The first-order valence-electron chi connectivity index (χ1n) is 4.28. The van der Waals surface area contributed by atoms with Crippen LogP contribution in [0.1, 0.15) is 16.3 Å². The van der Waals surface area contributed by atoms with Gasteiger partial charge in [-0.25, -0.2) is 0 Å². The van der Waals surface area contributed by atoms with E-state index in [9.17, 15) is 4.79 Å². The summed E-state index contributed by atoms with van der Waals surface area (Å²) in [6, 6.07) is 7.33. The lowest BCUT2D eigenvalue weighted by atomic mass is 10.1. The molecule has 2 rings (SSSR count). The van der Waals surface area contributed by atoms with Crippen LogP contribution in [0.2, 0.25) is 0 Å². The summed E-state index contributed by atoms with van der Waals surface area (Å²) in [7, 11) is 0. The Labute approximate surface area is 81.4 Å². The van der Waals surface area contributed by atoms with Crippen molar-refractivity contribution in [1.82, 2.24) is 4.98 Å². The first-order chi connectivity index (χ1) is 6.81. The van der Waals surface area contributed by atoms with Gasteiger partial charge in [0.2, 0.25) is 0 Å². The van der Waals surface area contributed by atoms with Gasteiger partial charge in [0.25, 0.3) is 0 Å². The van der Waals surface area contributed by atoms with Gasteiger partial charge >= 0.3 is 0 Å². The lowest BCUT2D eigenvalue weighted by molar-refractivity contribution is 0.109. The normalized spacial score (nSPS) is 10.1. The summed E-state index contributed by atoms with van der Waals surface area (Å²) in [6.07, 6.45) is 2.40. The van der Waals surface area contributed by atoms with Crippen LogP contribution in [0.5, 0.6) is 0 Å². The molecule has 2 aromatic heterocycles. The first-order valence-corrected chi connectivity index (χ1v) is 4.28. The van der Waals surface area contributed by atoms with Crippen molar-refractivity contribution >= 4 is 6.29 Å². The van der Waals surface area contributed by atoms with Crippen molar-refractivity contribution in [3.05, 3.63) is 42.0 Å². The summed E-state index contributed by atoms with van der Waals surface area (Å²) in [4.78, 5) is 14.7. The zero-order valence-corrected chi connectivity index (χ0v) is 7.73. The van der Waals surface area contributed by atoms with Gasteiger partial charge in [0.1, 0.15) is 5.76 Å². The minimum Gasteiger partial charge on any atom is -0.458 e. The quantitative estimate of drug-likeness (QED) is 0.678. The number of hydrogen-bond donors (Lipinski definition) is 0. The fourth-order valence-corrected chi connectivity index (χ4v) is 1.34. The van der Waals surface area contributed by atoms with Crippen molar-refractivity contribution in [2.75, 3.05) is 0 Å². The van der Waals surface area contributed by atoms with E-state index in [-0.39, 0.29) is 0 Å². The fraction of sp³-hybridized carbons (Fsp3) is 0.0909. The van der Waals surface area contributed by atoms with Crippen LogP contribution in [-0.2, 0) is 0 Å². The van der Waals surface area contributed by atoms with E-state index in [0.29, 0.717) is 17.8 Å². The molecule has 0 aliphatic heterocycles. The van der Waals surface area contributed by atoms with Crippen molar-refractivity contribution in [2.45, 2.75) is 6.92 Å². The van der Waals surface area contributed by atoms with Crippen molar-refractivity contribution in [2.24, 2.45) is 0 Å². The van der Waals surface area contributed by atoms with Gasteiger partial charge < -0.3 is 4.42 Å². The number of rotatable bonds is 2. The Balaban J connectivity index is 2.51. The zero-order valence-electron chi connectivity index (χ0n) is 7.73. The molecule has 0 spiro atoms. The molecule has 0 aliphatic rings. The highest BCUT2D eigenvalue weighted by Gasteiger charge is 2.08. The van der Waals surface area contributed by atoms with E-state index in [1.54, 1.807) is 12.3 Å². The van der Waals surface area contributed by atoms with Crippen LogP contribution in [0.15, 0.2) is 34.9 Å². The van der Waals surface area contributed by atoms with Crippen LogP contribution in [0.3, 0.4) is 0 Å². The number of aryl methyl sites for hydroxylation is 1. The Kier molecular flexibility index (Phi) is 2.14. The SMILES string of the molecule is Cc1oc(C=O)cc1-c1ccccn1. The van der Waals surface area contributed by atoms with E-state index < -0.39 is 0 Å². The number of aldehydes is 1. The van der Waals surface area contributed by atoms with E-state index >= 15 is 0 Å². The molecule has 2 aromatic rings. The zero-order chi connectivity index (χ0) is 9.97. The van der Waals surface area contributed by atoms with E-state index in [4.69, 9.17) is 4.42 Å². The molecule has 14 heavy (non-hydrogen) atoms. The number of carbonyl (C=O) groups excluding carboxylic acids is 1. The number of furan rings is 1. The lowest BCUT2D eigenvalue weighted by Gasteiger charge is -1.95. The van der Waals surface area contributed by atoms with Crippen LogP contribution in [-0.4, -0.2) is 11.3 Å². The molecule has 0 saturated carbocycles. The second kappa shape index (κ2) is 3.46. The Morgan fingerprint density at radius 2 is 2.29 bits per heavy atom. The summed E-state index contributed by atoms with van der Waals surface area (Å²) in [6.45, 7) is 1.82. The van der Waals surface area contributed by atoms with Crippen molar-refractivity contribution in [3.8, 4) is 11.3 Å². The molecule has 3 heteroatoms. The molecular formula is C11H9NO2. The van der Waals surface area contributed by atoms with Crippen LogP contribution < -0.4 is 0 Å². The Hall–Kier alpha value is -1.90. The van der Waals surface area contributed by atoms with Crippen LogP contribution in [0.25, 0.3) is 11.3 Å². The summed E-state index contributed by atoms with van der Waals surface area (Å²) >= 11 is 0. The van der Waals surface area contributed by atoms with Crippen molar-refractivity contribution < 1.29 is 9.21 Å². The summed E-state index contributed by atoms with van der Waals surface area (Å²) in [5, 5.41) is 0. The predicted molar refractivity (Wildman–Crippen MR) is 52.1 cm³/mol. The average molecular weight is 187 g/mol. The number of carbonyl (C=O) groups is 1. The molecule has 0 atom stereocenters. The summed E-state index contributed by atoms with van der Waals surface area (Å²) < 4.78 is 5.21. The maximum Gasteiger partial charge on any atom is 0.185 e. The highest BCUT2D eigenvalue weighted by molar-refractivity contribution is 5.75. The lowest BCUT2D eigenvalue weighted by Crippen LogP contribution is -1.80. The number of pyridine rings is 1. The van der Waals surface area contributed by atoms with Gasteiger partial charge in [0, 0.05) is 11.8 Å². The van der Waals surface area contributed by atoms with Crippen LogP contribution in [0.4, 0.5) is 0 Å². The molecule has 0 unspecified atom stereocenters. The standard InChI is InChI=1S/C11H9NO2/c1-8-10(6-9(7-13)14-8)11-4-2-3-5-12-11/h2-7H,1H3. The van der Waals surface area contributed by atoms with Crippen LogP contribution in [0, 0.1) is 6.92 Å². The highest BCUT2D eigenvalue weighted by atomic mass is 16.3. The highest BCUT2D eigenvalue weighted by Crippen LogP contribution is 2.23. The second-order valence-electron chi connectivity index (χ2n) is 2.95.